The van der Waals surface area contributed by atoms with E-state index in [2.05, 4.69) is 5.32 Å². The third kappa shape index (κ3) is 2.17. The summed E-state index contributed by atoms with van der Waals surface area (Å²) in [5.74, 6) is -0.691. The summed E-state index contributed by atoms with van der Waals surface area (Å²) in [7, 11) is 1.69. The zero-order valence-corrected chi connectivity index (χ0v) is 12.6. The average Bonchev–Trinajstić information content (AvgIpc) is 2.71. The molecule has 1 unspecified atom stereocenters. The number of amides is 2. The highest BCUT2D eigenvalue weighted by atomic mass is 32.2. The number of rotatable bonds is 2. The molecule has 1 aliphatic rings. The summed E-state index contributed by atoms with van der Waals surface area (Å²) < 4.78 is 3.03. The van der Waals surface area contributed by atoms with Gasteiger partial charge in [0.25, 0.3) is 0 Å². The summed E-state index contributed by atoms with van der Waals surface area (Å²) in [6.45, 7) is 0. The first-order valence-corrected chi connectivity index (χ1v) is 7.84. The van der Waals surface area contributed by atoms with Crippen LogP contribution < -0.4 is 11.0 Å². The lowest BCUT2D eigenvalue weighted by molar-refractivity contribution is -0.135. The van der Waals surface area contributed by atoms with E-state index in [-0.39, 0.29) is 18.0 Å². The SMILES string of the molecule is CSc1ccc2c(c1)n(C)c(=O)n2C1CCC(=O)NC1=O. The zero-order valence-electron chi connectivity index (χ0n) is 11.8. The number of imide groups is 1. The average molecular weight is 305 g/mol. The van der Waals surface area contributed by atoms with Gasteiger partial charge in [-0.15, -0.1) is 11.8 Å². The lowest BCUT2D eigenvalue weighted by Gasteiger charge is -2.21. The van der Waals surface area contributed by atoms with Crippen molar-refractivity contribution >= 4 is 34.6 Å². The third-order valence-electron chi connectivity index (χ3n) is 3.82. The van der Waals surface area contributed by atoms with Crippen molar-refractivity contribution < 1.29 is 9.59 Å². The summed E-state index contributed by atoms with van der Waals surface area (Å²) in [5.41, 5.74) is 1.27. The van der Waals surface area contributed by atoms with Gasteiger partial charge in [0.2, 0.25) is 11.8 Å². The first-order valence-electron chi connectivity index (χ1n) is 6.61. The molecule has 0 saturated carbocycles. The molecule has 2 aromatic rings. The van der Waals surface area contributed by atoms with Gasteiger partial charge >= 0.3 is 5.69 Å². The van der Waals surface area contributed by atoms with Gasteiger partial charge in [-0.2, -0.15) is 0 Å². The van der Waals surface area contributed by atoms with Gasteiger partial charge in [-0.05, 0) is 30.9 Å². The van der Waals surface area contributed by atoms with Gasteiger partial charge in [0, 0.05) is 18.4 Å². The summed E-state index contributed by atoms with van der Waals surface area (Å²) in [4.78, 5) is 36.8. The van der Waals surface area contributed by atoms with Crippen molar-refractivity contribution in [2.75, 3.05) is 6.26 Å². The number of aryl methyl sites for hydroxylation is 1. The maximum Gasteiger partial charge on any atom is 0.329 e. The monoisotopic (exact) mass is 305 g/mol. The second-order valence-corrected chi connectivity index (χ2v) is 5.91. The van der Waals surface area contributed by atoms with E-state index < -0.39 is 11.9 Å². The number of piperidine rings is 1. The first kappa shape index (κ1) is 13.9. The molecule has 1 aromatic heterocycles. The van der Waals surface area contributed by atoms with Crippen molar-refractivity contribution in [2.24, 2.45) is 7.05 Å². The molecule has 1 N–H and O–H groups in total. The van der Waals surface area contributed by atoms with Crippen LogP contribution in [0.4, 0.5) is 0 Å². The molecule has 2 amide bonds. The Hall–Kier alpha value is -2.02. The second-order valence-electron chi connectivity index (χ2n) is 5.03. The molecule has 0 aliphatic carbocycles. The molecule has 3 rings (SSSR count). The molecule has 1 atom stereocenters. The van der Waals surface area contributed by atoms with Crippen LogP contribution in [0.2, 0.25) is 0 Å². The van der Waals surface area contributed by atoms with Crippen LogP contribution in [0.5, 0.6) is 0 Å². The van der Waals surface area contributed by atoms with Gasteiger partial charge in [0.1, 0.15) is 6.04 Å². The van der Waals surface area contributed by atoms with Gasteiger partial charge in [-0.1, -0.05) is 0 Å². The van der Waals surface area contributed by atoms with E-state index in [4.69, 9.17) is 0 Å². The Morgan fingerprint density at radius 2 is 2.00 bits per heavy atom. The Labute approximate surface area is 125 Å². The largest absolute Gasteiger partial charge is 0.329 e. The number of nitrogens with one attached hydrogen (secondary N) is 1. The fourth-order valence-electron chi connectivity index (χ4n) is 2.70. The number of benzene rings is 1. The van der Waals surface area contributed by atoms with E-state index in [0.29, 0.717) is 6.42 Å². The maximum atomic E-state index is 12.5. The second kappa shape index (κ2) is 5.07. The molecular formula is C14H15N3O3S. The van der Waals surface area contributed by atoms with Crippen LogP contribution in [0.25, 0.3) is 11.0 Å². The molecule has 0 bridgehead atoms. The molecular weight excluding hydrogens is 290 g/mol. The number of carbonyl (C=O) groups excluding carboxylic acids is 2. The van der Waals surface area contributed by atoms with E-state index >= 15 is 0 Å². The molecule has 7 heteroatoms. The molecule has 110 valence electrons. The predicted octanol–water partition coefficient (Wildman–Crippen LogP) is 1.04. The third-order valence-corrected chi connectivity index (χ3v) is 4.54. The number of fused-ring (bicyclic) bond motifs is 1. The quantitative estimate of drug-likeness (QED) is 0.664. The van der Waals surface area contributed by atoms with E-state index in [0.717, 1.165) is 15.9 Å². The van der Waals surface area contributed by atoms with E-state index in [9.17, 15) is 14.4 Å². The molecule has 1 aromatic carbocycles. The molecule has 0 radical (unpaired) electrons. The smallest absolute Gasteiger partial charge is 0.295 e. The molecule has 1 aliphatic heterocycles. The number of thioether (sulfide) groups is 1. The van der Waals surface area contributed by atoms with Crippen molar-refractivity contribution in [3.8, 4) is 0 Å². The molecule has 2 heterocycles. The highest BCUT2D eigenvalue weighted by molar-refractivity contribution is 7.98. The summed E-state index contributed by atoms with van der Waals surface area (Å²) in [6, 6.07) is 5.09. The summed E-state index contributed by atoms with van der Waals surface area (Å²) in [5, 5.41) is 2.30. The summed E-state index contributed by atoms with van der Waals surface area (Å²) >= 11 is 1.60. The van der Waals surface area contributed by atoms with Crippen LogP contribution in [0.15, 0.2) is 27.9 Å². The predicted molar refractivity (Wildman–Crippen MR) is 80.4 cm³/mol. The minimum atomic E-state index is -0.626. The van der Waals surface area contributed by atoms with Crippen molar-refractivity contribution in [3.63, 3.8) is 0 Å². The number of hydrogen-bond donors (Lipinski definition) is 1. The van der Waals surface area contributed by atoms with E-state index in [1.165, 1.54) is 4.57 Å². The highest BCUT2D eigenvalue weighted by Crippen LogP contribution is 2.25. The topological polar surface area (TPSA) is 73.1 Å². The van der Waals surface area contributed by atoms with Crippen LogP contribution in [0, 0.1) is 0 Å². The molecule has 0 spiro atoms. The fourth-order valence-corrected chi connectivity index (χ4v) is 3.13. The van der Waals surface area contributed by atoms with E-state index in [1.807, 2.05) is 24.5 Å². The Balaban J connectivity index is 2.19. The van der Waals surface area contributed by atoms with Gasteiger partial charge < -0.3 is 0 Å². The molecule has 6 nitrogen and oxygen atoms in total. The number of nitrogens with zero attached hydrogens (tertiary/aromatic N) is 2. The Morgan fingerprint density at radius 3 is 2.67 bits per heavy atom. The molecule has 1 saturated heterocycles. The van der Waals surface area contributed by atoms with Crippen LogP contribution in [-0.4, -0.2) is 27.2 Å². The lowest BCUT2D eigenvalue weighted by atomic mass is 10.1. The van der Waals surface area contributed by atoms with Crippen LogP contribution in [-0.2, 0) is 16.6 Å². The Morgan fingerprint density at radius 1 is 1.24 bits per heavy atom. The summed E-state index contributed by atoms with van der Waals surface area (Å²) in [6.07, 6.45) is 2.58. The zero-order chi connectivity index (χ0) is 15.1. The Bertz CT molecular complexity index is 806. The fraction of sp³-hybridized carbons (Fsp3) is 0.357. The highest BCUT2D eigenvalue weighted by Gasteiger charge is 2.31. The van der Waals surface area contributed by atoms with Crippen molar-refractivity contribution in [3.05, 3.63) is 28.7 Å². The number of aromatic nitrogens is 2. The van der Waals surface area contributed by atoms with Crippen molar-refractivity contribution in [1.82, 2.24) is 14.5 Å². The van der Waals surface area contributed by atoms with Crippen LogP contribution in [0.1, 0.15) is 18.9 Å². The van der Waals surface area contributed by atoms with Gasteiger partial charge in [0.15, 0.2) is 0 Å². The number of imidazole rings is 1. The van der Waals surface area contributed by atoms with Crippen LogP contribution in [0.3, 0.4) is 0 Å². The van der Waals surface area contributed by atoms with Crippen LogP contribution >= 0.6 is 11.8 Å². The number of hydrogen-bond acceptors (Lipinski definition) is 4. The van der Waals surface area contributed by atoms with Crippen molar-refractivity contribution in [1.29, 1.82) is 0 Å². The first-order chi connectivity index (χ1) is 10.0. The van der Waals surface area contributed by atoms with Gasteiger partial charge in [0.05, 0.1) is 11.0 Å². The molecule has 1 fully saturated rings. The minimum Gasteiger partial charge on any atom is -0.295 e. The van der Waals surface area contributed by atoms with Gasteiger partial charge in [-0.25, -0.2) is 4.79 Å². The minimum absolute atomic E-state index is 0.238. The van der Waals surface area contributed by atoms with Crippen molar-refractivity contribution in [2.45, 2.75) is 23.8 Å². The van der Waals surface area contributed by atoms with E-state index in [1.54, 1.807) is 23.4 Å². The molecule has 21 heavy (non-hydrogen) atoms. The lowest BCUT2D eigenvalue weighted by Crippen LogP contribution is -2.44. The number of carbonyl (C=O) groups is 2. The normalized spacial score (nSPS) is 19.0. The van der Waals surface area contributed by atoms with Gasteiger partial charge in [-0.3, -0.25) is 24.0 Å². The standard InChI is InChI=1S/C14H15N3O3S/c1-16-11-7-8(21-2)3-4-9(11)17(14(16)20)10-5-6-12(18)15-13(10)19/h3-4,7,10H,5-6H2,1-2H3,(H,15,18,19). The maximum absolute atomic E-state index is 12.5. The Kier molecular flexibility index (Phi) is 3.36.